The number of carbonyl (C=O) groups is 2. The van der Waals surface area contributed by atoms with Crippen molar-refractivity contribution in [3.8, 4) is 11.5 Å². The van der Waals surface area contributed by atoms with E-state index in [1.807, 2.05) is 24.0 Å². The van der Waals surface area contributed by atoms with Crippen LogP contribution in [-0.4, -0.2) is 50.4 Å². The van der Waals surface area contributed by atoms with Gasteiger partial charge >= 0.3 is 0 Å². The van der Waals surface area contributed by atoms with Crippen LogP contribution in [0.3, 0.4) is 0 Å². The molecular weight excluding hydrogens is 322 g/mol. The van der Waals surface area contributed by atoms with Crippen LogP contribution in [0.25, 0.3) is 0 Å². The van der Waals surface area contributed by atoms with Crippen LogP contribution in [0.5, 0.6) is 11.5 Å². The molecule has 6 heteroatoms. The highest BCUT2D eigenvalue weighted by Crippen LogP contribution is 2.39. The highest BCUT2D eigenvalue weighted by atomic mass is 16.5. The topological polar surface area (TPSA) is 65.1 Å². The summed E-state index contributed by atoms with van der Waals surface area (Å²) in [5.74, 6) is 1.26. The average Bonchev–Trinajstić information content (AvgIpc) is 3.08. The number of hydrogen-bond acceptors (Lipinski definition) is 6. The van der Waals surface area contributed by atoms with Gasteiger partial charge in [-0.2, -0.15) is 0 Å². The number of rotatable bonds is 4. The second-order valence-corrected chi connectivity index (χ2v) is 6.17. The second-order valence-electron chi connectivity index (χ2n) is 6.17. The van der Waals surface area contributed by atoms with Gasteiger partial charge in [-0.1, -0.05) is 6.07 Å². The summed E-state index contributed by atoms with van der Waals surface area (Å²) in [4.78, 5) is 27.4. The number of hydrogen-bond donors (Lipinski definition) is 0. The van der Waals surface area contributed by atoms with E-state index in [-0.39, 0.29) is 35.9 Å². The summed E-state index contributed by atoms with van der Waals surface area (Å²) in [5.41, 5.74) is 1.08. The second kappa shape index (κ2) is 7.17. The molecule has 3 rings (SSSR count). The van der Waals surface area contributed by atoms with Crippen molar-refractivity contribution in [3.05, 3.63) is 35.2 Å². The lowest BCUT2D eigenvalue weighted by molar-refractivity contribution is -0.125. The molecule has 1 aromatic rings. The van der Waals surface area contributed by atoms with E-state index in [9.17, 15) is 9.59 Å². The Labute approximate surface area is 147 Å². The van der Waals surface area contributed by atoms with Crippen molar-refractivity contribution in [1.82, 2.24) is 4.90 Å². The Hall–Kier alpha value is -2.50. The lowest BCUT2D eigenvalue weighted by Crippen LogP contribution is -2.30. The number of benzene rings is 1. The molecule has 1 aliphatic carbocycles. The molecule has 0 aromatic heterocycles. The van der Waals surface area contributed by atoms with Gasteiger partial charge in [0.2, 0.25) is 5.88 Å². The van der Waals surface area contributed by atoms with E-state index in [4.69, 9.17) is 14.2 Å². The molecular formula is C19H23NO5. The molecule has 0 amide bonds. The number of ether oxygens (including phenoxy) is 3. The molecule has 6 nitrogen and oxygen atoms in total. The van der Waals surface area contributed by atoms with Crippen LogP contribution >= 0.6 is 0 Å². The van der Waals surface area contributed by atoms with Gasteiger partial charge in [0, 0.05) is 31.4 Å². The first kappa shape index (κ1) is 17.3. The van der Waals surface area contributed by atoms with Gasteiger partial charge in [0.1, 0.15) is 23.7 Å². The average molecular weight is 345 g/mol. The van der Waals surface area contributed by atoms with E-state index in [0.29, 0.717) is 30.5 Å². The Morgan fingerprint density at radius 2 is 1.88 bits per heavy atom. The maximum Gasteiger partial charge on any atom is 0.204 e. The van der Waals surface area contributed by atoms with Gasteiger partial charge in [-0.25, -0.2) is 0 Å². The zero-order chi connectivity index (χ0) is 18.0. The normalized spacial score (nSPS) is 20.8. The van der Waals surface area contributed by atoms with Crippen LogP contribution in [0, 0.1) is 0 Å². The zero-order valence-corrected chi connectivity index (χ0v) is 14.8. The van der Waals surface area contributed by atoms with Gasteiger partial charge in [0.05, 0.1) is 20.8 Å². The molecule has 1 aromatic carbocycles. The minimum atomic E-state index is -0.193. The molecule has 25 heavy (non-hydrogen) atoms. The largest absolute Gasteiger partial charge is 0.497 e. The smallest absolute Gasteiger partial charge is 0.204 e. The summed E-state index contributed by atoms with van der Waals surface area (Å²) in [6, 6.07) is 5.46. The fourth-order valence-corrected chi connectivity index (χ4v) is 3.47. The first-order chi connectivity index (χ1) is 12.1. The minimum Gasteiger partial charge on any atom is -0.497 e. The van der Waals surface area contributed by atoms with Crippen molar-refractivity contribution in [3.63, 3.8) is 0 Å². The number of likely N-dealkylation sites (N-methyl/N-ethyl adjacent to an activating group) is 1. The molecule has 0 radical (unpaired) electrons. The third-order valence-electron chi connectivity index (χ3n) is 4.78. The van der Waals surface area contributed by atoms with Crippen molar-refractivity contribution in [2.75, 3.05) is 33.9 Å². The minimum absolute atomic E-state index is 0.158. The molecule has 0 N–H and O–H groups in total. The van der Waals surface area contributed by atoms with Gasteiger partial charge in [-0.3, -0.25) is 9.59 Å². The van der Waals surface area contributed by atoms with Crippen molar-refractivity contribution in [2.45, 2.75) is 25.7 Å². The summed E-state index contributed by atoms with van der Waals surface area (Å²) in [7, 11) is 3.16. The quantitative estimate of drug-likeness (QED) is 0.616. The third kappa shape index (κ3) is 3.21. The van der Waals surface area contributed by atoms with Crippen LogP contribution in [0.2, 0.25) is 0 Å². The van der Waals surface area contributed by atoms with Crippen molar-refractivity contribution in [2.24, 2.45) is 0 Å². The molecule has 0 bridgehead atoms. The predicted octanol–water partition coefficient (Wildman–Crippen LogP) is 2.28. The molecule has 0 spiro atoms. The van der Waals surface area contributed by atoms with Crippen LogP contribution in [-0.2, 0) is 14.3 Å². The fraction of sp³-hybridized carbons (Fsp3) is 0.474. The standard InChI is InChI=1S/C19H23NO5/c1-4-20-7-8-25-19(20)18-15(21)9-12(10-16(18)22)14-6-5-13(23-2)11-17(14)24-3/h5-6,11-12H,4,7-10H2,1-3H3. The number of Topliss-reactive ketones (excluding diaryl/α,β-unsaturated/α-hetero) is 2. The van der Waals surface area contributed by atoms with E-state index >= 15 is 0 Å². The van der Waals surface area contributed by atoms with Gasteiger partial charge in [-0.05, 0) is 18.6 Å². The molecule has 0 unspecified atom stereocenters. The maximum absolute atomic E-state index is 12.7. The Kier molecular flexibility index (Phi) is 4.97. The fourth-order valence-electron chi connectivity index (χ4n) is 3.47. The first-order valence-electron chi connectivity index (χ1n) is 8.49. The Morgan fingerprint density at radius 1 is 1.16 bits per heavy atom. The summed E-state index contributed by atoms with van der Waals surface area (Å²) in [5, 5.41) is 0. The molecule has 2 fully saturated rings. The third-order valence-corrected chi connectivity index (χ3v) is 4.78. The van der Waals surface area contributed by atoms with E-state index in [1.165, 1.54) is 0 Å². The molecule has 1 saturated carbocycles. The molecule has 1 saturated heterocycles. The SMILES string of the molecule is CCN1CCOC1=C1C(=O)CC(c2ccc(OC)cc2OC)CC1=O. The molecule has 1 aliphatic heterocycles. The molecule has 1 heterocycles. The Balaban J connectivity index is 1.89. The van der Waals surface area contributed by atoms with Crippen LogP contribution in [0.4, 0.5) is 0 Å². The lowest BCUT2D eigenvalue weighted by atomic mass is 9.79. The first-order valence-corrected chi connectivity index (χ1v) is 8.49. The van der Waals surface area contributed by atoms with Gasteiger partial charge in [0.15, 0.2) is 11.6 Å². The summed E-state index contributed by atoms with van der Waals surface area (Å²) in [6.07, 6.45) is 0.544. The van der Waals surface area contributed by atoms with Gasteiger partial charge in [-0.15, -0.1) is 0 Å². The van der Waals surface area contributed by atoms with E-state index < -0.39 is 0 Å². The van der Waals surface area contributed by atoms with E-state index in [1.54, 1.807) is 20.3 Å². The van der Waals surface area contributed by atoms with E-state index in [2.05, 4.69) is 0 Å². The number of nitrogens with zero attached hydrogens (tertiary/aromatic N) is 1. The van der Waals surface area contributed by atoms with Crippen molar-refractivity contribution < 1.29 is 23.8 Å². The Bertz CT molecular complexity index is 705. The predicted molar refractivity (Wildman–Crippen MR) is 91.8 cm³/mol. The molecule has 134 valence electrons. The number of allylic oxidation sites excluding steroid dienone is 1. The summed E-state index contributed by atoms with van der Waals surface area (Å²) in [6.45, 7) is 3.93. The number of carbonyl (C=O) groups excluding carboxylic acids is 2. The lowest BCUT2D eigenvalue weighted by Gasteiger charge is -2.26. The van der Waals surface area contributed by atoms with Crippen molar-refractivity contribution in [1.29, 1.82) is 0 Å². The number of ketones is 2. The van der Waals surface area contributed by atoms with E-state index in [0.717, 1.165) is 12.1 Å². The zero-order valence-electron chi connectivity index (χ0n) is 14.8. The summed E-state index contributed by atoms with van der Waals surface area (Å²) < 4.78 is 16.2. The maximum atomic E-state index is 12.7. The Morgan fingerprint density at radius 3 is 2.48 bits per heavy atom. The number of methoxy groups -OCH3 is 2. The van der Waals surface area contributed by atoms with Gasteiger partial charge in [0.25, 0.3) is 0 Å². The van der Waals surface area contributed by atoms with Crippen LogP contribution < -0.4 is 9.47 Å². The highest BCUT2D eigenvalue weighted by Gasteiger charge is 2.38. The van der Waals surface area contributed by atoms with Crippen molar-refractivity contribution >= 4 is 11.6 Å². The monoisotopic (exact) mass is 345 g/mol. The highest BCUT2D eigenvalue weighted by molar-refractivity contribution is 6.22. The van der Waals surface area contributed by atoms with Gasteiger partial charge < -0.3 is 19.1 Å². The van der Waals surface area contributed by atoms with Crippen LogP contribution in [0.1, 0.15) is 31.2 Å². The summed E-state index contributed by atoms with van der Waals surface area (Å²) >= 11 is 0. The van der Waals surface area contributed by atoms with Crippen LogP contribution in [0.15, 0.2) is 29.7 Å². The molecule has 0 atom stereocenters. The molecule has 2 aliphatic rings.